The number of carbonyl (C=O) groups excluding carboxylic acids is 1. The number of sulfonamides is 1. The van der Waals surface area contributed by atoms with Crippen LogP contribution < -0.4 is 10.5 Å². The van der Waals surface area contributed by atoms with Crippen LogP contribution in [0.1, 0.15) is 5.56 Å². The highest BCUT2D eigenvalue weighted by molar-refractivity contribution is 7.89. The Kier molecular flexibility index (Phi) is 10.6. The van der Waals surface area contributed by atoms with Crippen molar-refractivity contribution in [1.82, 2.24) is 4.31 Å². The van der Waals surface area contributed by atoms with Crippen LogP contribution >= 0.6 is 0 Å². The Balaban J connectivity index is 0.000000467. The molecule has 0 aliphatic rings. The van der Waals surface area contributed by atoms with Gasteiger partial charge in [-0.3, -0.25) is 4.79 Å². The number of nitrogen functional groups attached to an aromatic ring is 1. The van der Waals surface area contributed by atoms with E-state index in [2.05, 4.69) is 11.3 Å². The van der Waals surface area contributed by atoms with Crippen LogP contribution in [0.2, 0.25) is 0 Å². The molecule has 30 heavy (non-hydrogen) atoms. The quantitative estimate of drug-likeness (QED) is 0.349. The summed E-state index contributed by atoms with van der Waals surface area (Å²) in [5.74, 6) is -0.301. The standard InChI is InChI=1S/C14H20N2O5S.C7H8O/c1-3-8-22(19,20)16(13(10-17)14(18)21-2)9-11-6-4-5-7-12(11)15;1-8-7-5-3-2-4-6-7/h3-7,13,17H,1,8-10,15H2,2H3;2-6H,1H3. The zero-order chi connectivity index (χ0) is 22.6. The Morgan fingerprint density at radius 3 is 2.23 bits per heavy atom. The molecular formula is C21H28N2O6S. The van der Waals surface area contributed by atoms with Crippen LogP contribution in [0, 0.1) is 0 Å². The van der Waals surface area contributed by atoms with Crippen LogP contribution in [0.4, 0.5) is 5.69 Å². The second-order valence-corrected chi connectivity index (χ2v) is 8.02. The van der Waals surface area contributed by atoms with Crippen molar-refractivity contribution in [3.63, 3.8) is 0 Å². The first-order valence-electron chi connectivity index (χ1n) is 9.02. The number of carbonyl (C=O) groups is 1. The molecule has 164 valence electrons. The number of para-hydroxylation sites is 2. The van der Waals surface area contributed by atoms with Gasteiger partial charge in [0.2, 0.25) is 10.0 Å². The molecular weight excluding hydrogens is 408 g/mol. The second kappa shape index (κ2) is 12.6. The average Bonchev–Trinajstić information content (AvgIpc) is 2.75. The Bertz CT molecular complexity index is 903. The van der Waals surface area contributed by atoms with Gasteiger partial charge in [0.05, 0.1) is 26.6 Å². The van der Waals surface area contributed by atoms with Gasteiger partial charge < -0.3 is 20.3 Å². The maximum atomic E-state index is 12.4. The molecule has 3 N–H and O–H groups in total. The molecule has 0 heterocycles. The van der Waals surface area contributed by atoms with Crippen molar-refractivity contribution in [3.05, 3.63) is 72.8 Å². The van der Waals surface area contributed by atoms with Crippen LogP contribution in [-0.2, 0) is 26.1 Å². The van der Waals surface area contributed by atoms with E-state index < -0.39 is 28.6 Å². The van der Waals surface area contributed by atoms with E-state index in [1.807, 2.05) is 30.3 Å². The smallest absolute Gasteiger partial charge is 0.326 e. The fraction of sp³-hybridized carbons (Fsp3) is 0.286. The van der Waals surface area contributed by atoms with Gasteiger partial charge in [-0.25, -0.2) is 8.42 Å². The minimum atomic E-state index is -3.85. The molecule has 0 aliphatic carbocycles. The number of nitrogens with two attached hydrogens (primary N) is 1. The molecule has 1 unspecified atom stereocenters. The molecule has 1 atom stereocenters. The molecule has 0 saturated carbocycles. The summed E-state index contributed by atoms with van der Waals surface area (Å²) < 4.78 is 35.1. The Labute approximate surface area is 177 Å². The number of esters is 1. The molecule has 0 radical (unpaired) electrons. The van der Waals surface area contributed by atoms with Gasteiger partial charge in [0.1, 0.15) is 11.8 Å². The molecule has 0 fully saturated rings. The molecule has 8 nitrogen and oxygen atoms in total. The third kappa shape index (κ3) is 7.51. The first-order chi connectivity index (χ1) is 14.3. The summed E-state index contributed by atoms with van der Waals surface area (Å²) in [5.41, 5.74) is 6.73. The van der Waals surface area contributed by atoms with Crippen LogP contribution in [0.15, 0.2) is 67.3 Å². The van der Waals surface area contributed by atoms with Crippen molar-refractivity contribution < 1.29 is 27.8 Å². The number of benzene rings is 2. The summed E-state index contributed by atoms with van der Waals surface area (Å²) in [6, 6.07) is 15.0. The summed E-state index contributed by atoms with van der Waals surface area (Å²) in [6.45, 7) is 2.55. The van der Waals surface area contributed by atoms with Gasteiger partial charge in [-0.1, -0.05) is 42.5 Å². The normalized spacial score (nSPS) is 11.7. The number of nitrogens with zero attached hydrogens (tertiary/aromatic N) is 1. The second-order valence-electron chi connectivity index (χ2n) is 6.05. The highest BCUT2D eigenvalue weighted by Gasteiger charge is 2.34. The minimum absolute atomic E-state index is 0.150. The summed E-state index contributed by atoms with van der Waals surface area (Å²) in [7, 11) is -1.07. The predicted molar refractivity (Wildman–Crippen MR) is 116 cm³/mol. The highest BCUT2D eigenvalue weighted by Crippen LogP contribution is 2.19. The maximum Gasteiger partial charge on any atom is 0.326 e. The third-order valence-corrected chi connectivity index (χ3v) is 5.79. The Morgan fingerprint density at radius 2 is 1.77 bits per heavy atom. The highest BCUT2D eigenvalue weighted by atomic mass is 32.2. The maximum absolute atomic E-state index is 12.4. The largest absolute Gasteiger partial charge is 0.497 e. The van der Waals surface area contributed by atoms with E-state index in [9.17, 15) is 18.3 Å². The zero-order valence-electron chi connectivity index (χ0n) is 17.1. The minimum Gasteiger partial charge on any atom is -0.497 e. The monoisotopic (exact) mass is 436 g/mol. The van der Waals surface area contributed by atoms with E-state index in [1.54, 1.807) is 31.4 Å². The van der Waals surface area contributed by atoms with E-state index in [-0.39, 0.29) is 12.3 Å². The lowest BCUT2D eigenvalue weighted by Gasteiger charge is -2.27. The molecule has 2 aromatic rings. The van der Waals surface area contributed by atoms with Gasteiger partial charge >= 0.3 is 5.97 Å². The van der Waals surface area contributed by atoms with Crippen molar-refractivity contribution in [2.45, 2.75) is 12.6 Å². The van der Waals surface area contributed by atoms with E-state index in [1.165, 1.54) is 6.08 Å². The van der Waals surface area contributed by atoms with Crippen molar-refractivity contribution >= 4 is 21.7 Å². The topological polar surface area (TPSA) is 119 Å². The molecule has 0 bridgehead atoms. The molecule has 0 aliphatic heterocycles. The van der Waals surface area contributed by atoms with Gasteiger partial charge in [0.25, 0.3) is 0 Å². The molecule has 0 amide bonds. The van der Waals surface area contributed by atoms with E-state index in [0.717, 1.165) is 17.2 Å². The molecule has 2 aromatic carbocycles. The van der Waals surface area contributed by atoms with Crippen LogP contribution in [0.25, 0.3) is 0 Å². The van der Waals surface area contributed by atoms with Crippen molar-refractivity contribution in [3.8, 4) is 5.75 Å². The number of anilines is 1. The molecule has 0 saturated heterocycles. The fourth-order valence-corrected chi connectivity index (χ4v) is 3.83. The van der Waals surface area contributed by atoms with E-state index >= 15 is 0 Å². The fourth-order valence-electron chi connectivity index (χ4n) is 2.47. The third-order valence-electron chi connectivity index (χ3n) is 4.04. The molecule has 9 heteroatoms. The summed E-state index contributed by atoms with van der Waals surface area (Å²) in [6.07, 6.45) is 1.21. The number of aliphatic hydroxyl groups excluding tert-OH is 1. The molecule has 0 spiro atoms. The molecule has 2 rings (SSSR count). The van der Waals surface area contributed by atoms with Gasteiger partial charge in [0.15, 0.2) is 0 Å². The van der Waals surface area contributed by atoms with Crippen LogP contribution in [-0.4, -0.2) is 56.4 Å². The number of methoxy groups -OCH3 is 2. The summed E-state index contributed by atoms with van der Waals surface area (Å²) in [5, 5.41) is 9.41. The summed E-state index contributed by atoms with van der Waals surface area (Å²) >= 11 is 0. The zero-order valence-corrected chi connectivity index (χ0v) is 17.9. The number of ether oxygens (including phenoxy) is 2. The van der Waals surface area contributed by atoms with Gasteiger partial charge in [-0.15, -0.1) is 6.58 Å². The number of rotatable bonds is 9. The molecule has 0 aromatic heterocycles. The predicted octanol–water partition coefficient (Wildman–Crippen LogP) is 1.82. The lowest BCUT2D eigenvalue weighted by atomic mass is 10.1. The van der Waals surface area contributed by atoms with Crippen molar-refractivity contribution in [1.29, 1.82) is 0 Å². The van der Waals surface area contributed by atoms with Gasteiger partial charge in [0, 0.05) is 12.2 Å². The van der Waals surface area contributed by atoms with Crippen molar-refractivity contribution in [2.24, 2.45) is 0 Å². The number of hydrogen-bond acceptors (Lipinski definition) is 7. The first-order valence-corrected chi connectivity index (χ1v) is 10.6. The Morgan fingerprint density at radius 1 is 1.17 bits per heavy atom. The average molecular weight is 437 g/mol. The van der Waals surface area contributed by atoms with Crippen LogP contribution in [0.3, 0.4) is 0 Å². The lowest BCUT2D eigenvalue weighted by Crippen LogP contribution is -2.48. The van der Waals surface area contributed by atoms with Gasteiger partial charge in [-0.2, -0.15) is 4.31 Å². The van der Waals surface area contributed by atoms with E-state index in [4.69, 9.17) is 10.5 Å². The lowest BCUT2D eigenvalue weighted by molar-refractivity contribution is -0.146. The summed E-state index contributed by atoms with van der Waals surface area (Å²) in [4.78, 5) is 11.8. The first kappa shape index (κ1) is 25.2. The van der Waals surface area contributed by atoms with Gasteiger partial charge in [-0.05, 0) is 23.8 Å². The van der Waals surface area contributed by atoms with Crippen LogP contribution in [0.5, 0.6) is 5.75 Å². The number of aliphatic hydroxyl groups is 1. The van der Waals surface area contributed by atoms with Crippen molar-refractivity contribution in [2.75, 3.05) is 32.3 Å². The Hall–Kier alpha value is -2.88. The van der Waals surface area contributed by atoms with E-state index in [0.29, 0.717) is 11.3 Å². The SMILES string of the molecule is C=CCS(=O)(=O)N(Cc1ccccc1N)C(CO)C(=O)OC.COc1ccccc1. The number of hydrogen-bond donors (Lipinski definition) is 2.